The first-order valence-corrected chi connectivity index (χ1v) is 7.71. The number of aryl methyl sites for hydroxylation is 1. The Morgan fingerprint density at radius 3 is 2.65 bits per heavy atom. The topological polar surface area (TPSA) is 62.6 Å². The number of nitrogens with one attached hydrogen (secondary N) is 1. The van der Waals surface area contributed by atoms with Crippen molar-refractivity contribution in [1.29, 1.82) is 0 Å². The minimum atomic E-state index is -0.463. The zero-order chi connectivity index (χ0) is 16.4. The number of hydrogen-bond donors (Lipinski definition) is 1. The molecular formula is C18H20N2O3. The van der Waals surface area contributed by atoms with Crippen molar-refractivity contribution < 1.29 is 14.0 Å². The maximum atomic E-state index is 12.6. The van der Waals surface area contributed by atoms with E-state index in [1.54, 1.807) is 11.2 Å². The van der Waals surface area contributed by atoms with E-state index in [4.69, 9.17) is 4.42 Å². The van der Waals surface area contributed by atoms with Gasteiger partial charge in [-0.15, -0.1) is 0 Å². The molecule has 0 unspecified atom stereocenters. The summed E-state index contributed by atoms with van der Waals surface area (Å²) >= 11 is 0. The Kier molecular flexibility index (Phi) is 4.19. The molecule has 2 amide bonds. The second kappa shape index (κ2) is 6.28. The summed E-state index contributed by atoms with van der Waals surface area (Å²) in [6, 6.07) is 9.33. The monoisotopic (exact) mass is 312 g/mol. The minimum Gasteiger partial charge on any atom is -0.469 e. The molecule has 0 saturated heterocycles. The first-order chi connectivity index (χ1) is 11.1. The van der Waals surface area contributed by atoms with E-state index in [0.29, 0.717) is 19.5 Å². The number of benzene rings is 1. The van der Waals surface area contributed by atoms with Gasteiger partial charge in [-0.3, -0.25) is 9.59 Å². The van der Waals surface area contributed by atoms with Gasteiger partial charge in [0.15, 0.2) is 0 Å². The lowest BCUT2D eigenvalue weighted by atomic mass is 9.93. The molecule has 0 fully saturated rings. The molecule has 0 radical (unpaired) electrons. The van der Waals surface area contributed by atoms with E-state index in [1.165, 1.54) is 6.92 Å². The maximum absolute atomic E-state index is 12.6. The number of rotatable bonds is 3. The Bertz CT molecular complexity index is 735. The van der Waals surface area contributed by atoms with Crippen LogP contribution in [0, 0.1) is 6.92 Å². The number of carbonyl (C=O) groups is 2. The van der Waals surface area contributed by atoms with Crippen molar-refractivity contribution in [2.75, 3.05) is 0 Å². The van der Waals surface area contributed by atoms with Crippen LogP contribution in [0.15, 0.2) is 41.0 Å². The fraction of sp³-hybridized carbons (Fsp3) is 0.333. The summed E-state index contributed by atoms with van der Waals surface area (Å²) in [6.07, 6.45) is 2.15. The third-order valence-electron chi connectivity index (χ3n) is 4.38. The van der Waals surface area contributed by atoms with Crippen LogP contribution in [0.4, 0.5) is 0 Å². The van der Waals surface area contributed by atoms with Crippen LogP contribution in [0.5, 0.6) is 0 Å². The SMILES string of the molecule is CC(=O)N1Cc2ccccc2C[C@@H]1C(=O)NCc1ccoc1C. The van der Waals surface area contributed by atoms with Gasteiger partial charge in [0.25, 0.3) is 0 Å². The van der Waals surface area contributed by atoms with Crippen LogP contribution in [0.3, 0.4) is 0 Å². The van der Waals surface area contributed by atoms with Gasteiger partial charge < -0.3 is 14.6 Å². The van der Waals surface area contributed by atoms with Gasteiger partial charge in [-0.05, 0) is 24.1 Å². The van der Waals surface area contributed by atoms with Crippen LogP contribution in [0.2, 0.25) is 0 Å². The normalized spacial score (nSPS) is 16.8. The van der Waals surface area contributed by atoms with E-state index < -0.39 is 6.04 Å². The highest BCUT2D eigenvalue weighted by molar-refractivity contribution is 5.87. The van der Waals surface area contributed by atoms with E-state index in [0.717, 1.165) is 22.5 Å². The smallest absolute Gasteiger partial charge is 0.243 e. The lowest BCUT2D eigenvalue weighted by molar-refractivity contribution is -0.140. The molecule has 0 saturated carbocycles. The zero-order valence-corrected chi connectivity index (χ0v) is 13.3. The Hall–Kier alpha value is -2.56. The molecule has 1 aromatic heterocycles. The number of fused-ring (bicyclic) bond motifs is 1. The lowest BCUT2D eigenvalue weighted by Gasteiger charge is -2.35. The van der Waals surface area contributed by atoms with Crippen molar-refractivity contribution in [2.45, 2.75) is 39.4 Å². The molecule has 23 heavy (non-hydrogen) atoms. The number of nitrogens with zero attached hydrogens (tertiary/aromatic N) is 1. The van der Waals surface area contributed by atoms with Crippen LogP contribution in [-0.2, 0) is 29.1 Å². The van der Waals surface area contributed by atoms with Gasteiger partial charge in [0, 0.05) is 32.0 Å². The average Bonchev–Trinajstić information content (AvgIpc) is 2.96. The fourth-order valence-electron chi connectivity index (χ4n) is 2.98. The summed E-state index contributed by atoms with van der Waals surface area (Å²) in [5.41, 5.74) is 3.19. The first-order valence-electron chi connectivity index (χ1n) is 7.71. The van der Waals surface area contributed by atoms with Gasteiger partial charge in [0.05, 0.1) is 6.26 Å². The molecular weight excluding hydrogens is 292 g/mol. The van der Waals surface area contributed by atoms with E-state index >= 15 is 0 Å². The summed E-state index contributed by atoms with van der Waals surface area (Å²) in [5, 5.41) is 2.92. The van der Waals surface area contributed by atoms with E-state index in [-0.39, 0.29) is 11.8 Å². The molecule has 1 aromatic carbocycles. The lowest BCUT2D eigenvalue weighted by Crippen LogP contribution is -2.51. The number of furan rings is 1. The summed E-state index contributed by atoms with van der Waals surface area (Å²) < 4.78 is 5.23. The molecule has 0 bridgehead atoms. The molecule has 1 N–H and O–H groups in total. The third-order valence-corrected chi connectivity index (χ3v) is 4.38. The second-order valence-corrected chi connectivity index (χ2v) is 5.86. The van der Waals surface area contributed by atoms with Crippen molar-refractivity contribution in [3.8, 4) is 0 Å². The fourth-order valence-corrected chi connectivity index (χ4v) is 2.98. The van der Waals surface area contributed by atoms with Crippen molar-refractivity contribution in [1.82, 2.24) is 10.2 Å². The van der Waals surface area contributed by atoms with Gasteiger partial charge in [-0.2, -0.15) is 0 Å². The van der Waals surface area contributed by atoms with E-state index in [2.05, 4.69) is 5.32 Å². The quantitative estimate of drug-likeness (QED) is 0.945. The Morgan fingerprint density at radius 1 is 1.26 bits per heavy atom. The van der Waals surface area contributed by atoms with Gasteiger partial charge in [0.1, 0.15) is 11.8 Å². The average molecular weight is 312 g/mol. The van der Waals surface area contributed by atoms with Gasteiger partial charge in [0.2, 0.25) is 11.8 Å². The molecule has 2 aromatic rings. The van der Waals surface area contributed by atoms with Crippen molar-refractivity contribution in [3.63, 3.8) is 0 Å². The highest BCUT2D eigenvalue weighted by atomic mass is 16.3. The first kappa shape index (κ1) is 15.3. The van der Waals surface area contributed by atoms with Gasteiger partial charge in [-0.25, -0.2) is 0 Å². The highest BCUT2D eigenvalue weighted by Gasteiger charge is 2.32. The Labute approximate surface area is 135 Å². The third kappa shape index (κ3) is 3.13. The van der Waals surface area contributed by atoms with Crippen LogP contribution in [-0.4, -0.2) is 22.8 Å². The molecule has 3 rings (SSSR count). The maximum Gasteiger partial charge on any atom is 0.243 e. The molecule has 0 aliphatic carbocycles. The predicted octanol–water partition coefficient (Wildman–Crippen LogP) is 2.18. The zero-order valence-electron chi connectivity index (χ0n) is 13.3. The van der Waals surface area contributed by atoms with Crippen LogP contribution in [0.25, 0.3) is 0 Å². The largest absolute Gasteiger partial charge is 0.469 e. The summed E-state index contributed by atoms with van der Waals surface area (Å²) in [4.78, 5) is 26.2. The summed E-state index contributed by atoms with van der Waals surface area (Å²) in [7, 11) is 0. The van der Waals surface area contributed by atoms with Gasteiger partial charge >= 0.3 is 0 Å². The summed E-state index contributed by atoms with van der Waals surface area (Å²) in [5.74, 6) is 0.581. The minimum absolute atomic E-state index is 0.0841. The van der Waals surface area contributed by atoms with Crippen LogP contribution in [0.1, 0.15) is 29.4 Å². The standard InChI is InChI=1S/C18H20N2O3/c1-12-15(7-8-23-12)10-19-18(22)17-9-14-5-3-4-6-16(14)11-20(17)13(2)21/h3-8,17H,9-11H2,1-2H3,(H,19,22)/t17-/m1/s1. The number of hydrogen-bond acceptors (Lipinski definition) is 3. The van der Waals surface area contributed by atoms with E-state index in [1.807, 2.05) is 37.3 Å². The molecule has 5 nitrogen and oxygen atoms in total. The molecule has 1 aliphatic rings. The molecule has 1 aliphatic heterocycles. The van der Waals surface area contributed by atoms with Crippen molar-refractivity contribution in [3.05, 3.63) is 59.0 Å². The molecule has 2 heterocycles. The van der Waals surface area contributed by atoms with Crippen molar-refractivity contribution in [2.24, 2.45) is 0 Å². The van der Waals surface area contributed by atoms with Gasteiger partial charge in [-0.1, -0.05) is 24.3 Å². The van der Waals surface area contributed by atoms with Crippen molar-refractivity contribution >= 4 is 11.8 Å². The van der Waals surface area contributed by atoms with Crippen LogP contribution >= 0.6 is 0 Å². The van der Waals surface area contributed by atoms with E-state index in [9.17, 15) is 9.59 Å². The molecule has 1 atom stereocenters. The molecule has 5 heteroatoms. The molecule has 120 valence electrons. The second-order valence-electron chi connectivity index (χ2n) is 5.86. The Balaban J connectivity index is 1.75. The number of carbonyl (C=O) groups excluding carboxylic acids is 2. The summed E-state index contributed by atoms with van der Waals surface area (Å²) in [6.45, 7) is 4.26. The predicted molar refractivity (Wildman–Crippen MR) is 85.4 cm³/mol. The number of amides is 2. The van der Waals surface area contributed by atoms with Crippen LogP contribution < -0.4 is 5.32 Å². The highest BCUT2D eigenvalue weighted by Crippen LogP contribution is 2.23. The Morgan fingerprint density at radius 2 is 2.00 bits per heavy atom. The molecule has 0 spiro atoms.